The molecule has 3 fully saturated rings. The minimum absolute atomic E-state index is 0.0998. The first-order valence-electron chi connectivity index (χ1n) is 8.53. The zero-order valence-electron chi connectivity index (χ0n) is 13.5. The van der Waals surface area contributed by atoms with Gasteiger partial charge < -0.3 is 10.0 Å². The minimum atomic E-state index is -0.870. The van der Waals surface area contributed by atoms with Crippen LogP contribution in [-0.2, 0) is 5.41 Å². The van der Waals surface area contributed by atoms with Gasteiger partial charge in [0.25, 0.3) is 0 Å². The highest BCUT2D eigenvalue weighted by atomic mass is 19.1. The molecule has 3 aliphatic heterocycles. The van der Waals surface area contributed by atoms with Gasteiger partial charge in [0.05, 0.1) is 0 Å². The van der Waals surface area contributed by atoms with Crippen molar-refractivity contribution in [2.45, 2.75) is 30.8 Å². The Morgan fingerprint density at radius 1 is 0.875 bits per heavy atom. The number of benzene rings is 2. The summed E-state index contributed by atoms with van der Waals surface area (Å²) in [5, 5.41) is 10.6. The third kappa shape index (κ3) is 2.64. The van der Waals surface area contributed by atoms with Crippen LogP contribution in [0.2, 0.25) is 0 Å². The largest absolute Gasteiger partial charge is 0.384 e. The first-order valence-corrected chi connectivity index (χ1v) is 8.53. The minimum Gasteiger partial charge on any atom is -0.384 e. The van der Waals surface area contributed by atoms with E-state index in [1.807, 2.05) is 6.07 Å². The molecular weight excluding hydrogens is 308 g/mol. The van der Waals surface area contributed by atoms with Gasteiger partial charge in [0, 0.05) is 5.41 Å². The molecule has 3 saturated heterocycles. The van der Waals surface area contributed by atoms with Crippen molar-refractivity contribution < 1.29 is 13.9 Å². The van der Waals surface area contributed by atoms with Gasteiger partial charge in [-0.25, -0.2) is 8.78 Å². The number of hydrogen-bond acceptors (Lipinski definition) is 2. The van der Waals surface area contributed by atoms with Crippen molar-refractivity contribution in [2.75, 3.05) is 19.6 Å². The van der Waals surface area contributed by atoms with Gasteiger partial charge in [-0.3, -0.25) is 0 Å². The first-order chi connectivity index (χ1) is 11.6. The molecule has 0 amide bonds. The Hall–Kier alpha value is -1.78. The van der Waals surface area contributed by atoms with Crippen LogP contribution in [0.4, 0.5) is 8.78 Å². The van der Waals surface area contributed by atoms with E-state index in [-0.39, 0.29) is 17.0 Å². The predicted octanol–water partition coefficient (Wildman–Crippen LogP) is 3.78. The Labute approximate surface area is 140 Å². The molecule has 24 heavy (non-hydrogen) atoms. The van der Waals surface area contributed by atoms with Gasteiger partial charge in [0.1, 0.15) is 17.7 Å². The molecule has 3 aliphatic rings. The Bertz CT molecular complexity index is 722. The molecule has 2 nitrogen and oxygen atoms in total. The van der Waals surface area contributed by atoms with Crippen LogP contribution >= 0.6 is 0 Å². The lowest BCUT2D eigenvalue weighted by atomic mass is 9.67. The standard InChI is InChI=1S/C20H21F2NO/c21-16-4-1-14(2-5-16)19(24)15-3-6-18(22)17(13-15)20-7-10-23(11-8-20)12-9-20/h1-6,13,19,24H,7-12H2. The molecule has 5 rings (SSSR count). The number of halogens is 2. The number of rotatable bonds is 3. The van der Waals surface area contributed by atoms with Gasteiger partial charge in [0.2, 0.25) is 0 Å². The summed E-state index contributed by atoms with van der Waals surface area (Å²) >= 11 is 0. The topological polar surface area (TPSA) is 23.5 Å². The van der Waals surface area contributed by atoms with Gasteiger partial charge in [-0.2, -0.15) is 0 Å². The molecule has 0 aromatic heterocycles. The summed E-state index contributed by atoms with van der Waals surface area (Å²) in [5.41, 5.74) is 1.92. The number of fused-ring (bicyclic) bond motifs is 3. The van der Waals surface area contributed by atoms with E-state index in [0.717, 1.165) is 44.5 Å². The summed E-state index contributed by atoms with van der Waals surface area (Å²) in [5.74, 6) is -0.515. The Kier molecular flexibility index (Phi) is 3.89. The maximum absolute atomic E-state index is 14.6. The van der Waals surface area contributed by atoms with E-state index in [4.69, 9.17) is 0 Å². The number of aliphatic hydroxyl groups is 1. The number of piperidine rings is 3. The van der Waals surface area contributed by atoms with Gasteiger partial charge in [-0.1, -0.05) is 18.2 Å². The fourth-order valence-corrected chi connectivity index (χ4v) is 4.19. The molecular formula is C20H21F2NO. The smallest absolute Gasteiger partial charge is 0.126 e. The molecule has 126 valence electrons. The van der Waals surface area contributed by atoms with Crippen molar-refractivity contribution in [2.24, 2.45) is 0 Å². The van der Waals surface area contributed by atoms with E-state index in [1.54, 1.807) is 18.2 Å². The highest BCUT2D eigenvalue weighted by Crippen LogP contribution is 2.44. The fraction of sp³-hybridized carbons (Fsp3) is 0.400. The maximum atomic E-state index is 14.6. The van der Waals surface area contributed by atoms with E-state index in [2.05, 4.69) is 4.90 Å². The van der Waals surface area contributed by atoms with Crippen LogP contribution in [0.1, 0.15) is 42.1 Å². The van der Waals surface area contributed by atoms with Crippen LogP contribution < -0.4 is 0 Å². The summed E-state index contributed by atoms with van der Waals surface area (Å²) in [6.45, 7) is 3.05. The third-order valence-electron chi connectivity index (χ3n) is 5.78. The fourth-order valence-electron chi connectivity index (χ4n) is 4.19. The monoisotopic (exact) mass is 329 g/mol. The predicted molar refractivity (Wildman–Crippen MR) is 88.8 cm³/mol. The van der Waals surface area contributed by atoms with Gasteiger partial charge in [-0.15, -0.1) is 0 Å². The van der Waals surface area contributed by atoms with Crippen molar-refractivity contribution in [3.63, 3.8) is 0 Å². The molecule has 3 heterocycles. The van der Waals surface area contributed by atoms with E-state index in [0.29, 0.717) is 11.1 Å². The van der Waals surface area contributed by atoms with Gasteiger partial charge in [0.15, 0.2) is 0 Å². The average Bonchev–Trinajstić information content (AvgIpc) is 2.63. The number of aliphatic hydroxyl groups excluding tert-OH is 1. The lowest BCUT2D eigenvalue weighted by Gasteiger charge is -2.49. The molecule has 0 spiro atoms. The molecule has 1 N–H and O–H groups in total. The van der Waals surface area contributed by atoms with Crippen LogP contribution in [0.5, 0.6) is 0 Å². The van der Waals surface area contributed by atoms with Crippen molar-refractivity contribution in [3.05, 3.63) is 70.8 Å². The molecule has 0 saturated carbocycles. The Morgan fingerprint density at radius 3 is 2.08 bits per heavy atom. The summed E-state index contributed by atoms with van der Waals surface area (Å²) in [6.07, 6.45) is 2.05. The maximum Gasteiger partial charge on any atom is 0.126 e. The second-order valence-corrected chi connectivity index (χ2v) is 7.07. The van der Waals surface area contributed by atoms with Gasteiger partial charge in [-0.05, 0) is 79.9 Å². The summed E-state index contributed by atoms with van der Waals surface area (Å²) in [7, 11) is 0. The van der Waals surface area contributed by atoms with E-state index in [1.165, 1.54) is 18.2 Å². The van der Waals surface area contributed by atoms with Crippen LogP contribution in [0.3, 0.4) is 0 Å². The quantitative estimate of drug-likeness (QED) is 0.926. The van der Waals surface area contributed by atoms with E-state index < -0.39 is 6.10 Å². The van der Waals surface area contributed by atoms with Crippen molar-refractivity contribution in [1.29, 1.82) is 0 Å². The molecule has 1 unspecified atom stereocenters. The zero-order valence-corrected chi connectivity index (χ0v) is 13.5. The highest BCUT2D eigenvalue weighted by molar-refractivity contribution is 5.38. The highest BCUT2D eigenvalue weighted by Gasteiger charge is 2.42. The van der Waals surface area contributed by atoms with Crippen LogP contribution in [0.25, 0.3) is 0 Å². The summed E-state index contributed by atoms with van der Waals surface area (Å²) in [4.78, 5) is 2.43. The van der Waals surface area contributed by atoms with E-state index >= 15 is 0 Å². The molecule has 4 heteroatoms. The Balaban J connectivity index is 1.69. The van der Waals surface area contributed by atoms with Crippen LogP contribution in [0, 0.1) is 11.6 Å². The lowest BCUT2D eigenvalue weighted by molar-refractivity contribution is 0.0793. The second kappa shape index (κ2) is 5.94. The molecule has 0 aliphatic carbocycles. The molecule has 2 aromatic carbocycles. The molecule has 1 atom stereocenters. The van der Waals surface area contributed by atoms with Crippen molar-refractivity contribution in [1.82, 2.24) is 4.90 Å². The van der Waals surface area contributed by atoms with Crippen LogP contribution in [0.15, 0.2) is 42.5 Å². The van der Waals surface area contributed by atoms with Crippen molar-refractivity contribution in [3.8, 4) is 0 Å². The lowest BCUT2D eigenvalue weighted by Crippen LogP contribution is -2.50. The molecule has 2 aromatic rings. The van der Waals surface area contributed by atoms with E-state index in [9.17, 15) is 13.9 Å². The molecule has 2 bridgehead atoms. The Morgan fingerprint density at radius 2 is 1.46 bits per heavy atom. The van der Waals surface area contributed by atoms with Crippen LogP contribution in [-0.4, -0.2) is 29.6 Å². The first kappa shape index (κ1) is 15.7. The average molecular weight is 329 g/mol. The second-order valence-electron chi connectivity index (χ2n) is 7.07. The van der Waals surface area contributed by atoms with Crippen molar-refractivity contribution >= 4 is 0 Å². The summed E-state index contributed by atoms with van der Waals surface area (Å²) < 4.78 is 27.7. The van der Waals surface area contributed by atoms with Gasteiger partial charge >= 0.3 is 0 Å². The summed E-state index contributed by atoms with van der Waals surface area (Å²) in [6, 6.07) is 10.7. The normalized spacial score (nSPS) is 27.2. The third-order valence-corrected chi connectivity index (χ3v) is 5.78. The number of hydrogen-bond donors (Lipinski definition) is 1. The number of nitrogens with zero attached hydrogens (tertiary/aromatic N) is 1. The SMILES string of the molecule is OC(c1ccc(F)cc1)c1ccc(F)c(C23CCN(CC2)CC3)c1. The molecule has 0 radical (unpaired) electrons. The zero-order chi connectivity index (χ0) is 16.7.